The standard InChI is InChI=1S/C10H12N2O2/c11-12-10(8-3-5-13-7-8)6-9-2-1-4-14-9/h1-5,7,10,12H,6,11H2. The Hall–Kier alpha value is -1.52. The topological polar surface area (TPSA) is 64.3 Å². The fourth-order valence-corrected chi connectivity index (χ4v) is 1.38. The Balaban J connectivity index is 2.08. The molecule has 0 amide bonds. The Morgan fingerprint density at radius 3 is 2.86 bits per heavy atom. The van der Waals surface area contributed by atoms with E-state index in [4.69, 9.17) is 14.7 Å². The smallest absolute Gasteiger partial charge is 0.105 e. The third-order valence-electron chi connectivity index (χ3n) is 2.13. The Labute approximate surface area is 81.7 Å². The van der Waals surface area contributed by atoms with E-state index in [0.29, 0.717) is 6.42 Å². The summed E-state index contributed by atoms with van der Waals surface area (Å²) in [7, 11) is 0. The van der Waals surface area contributed by atoms with E-state index in [1.54, 1.807) is 18.8 Å². The van der Waals surface area contributed by atoms with Crippen molar-refractivity contribution >= 4 is 0 Å². The number of rotatable bonds is 4. The SMILES string of the molecule is NNC(Cc1ccco1)c1ccoc1. The van der Waals surface area contributed by atoms with E-state index in [1.165, 1.54) is 0 Å². The van der Waals surface area contributed by atoms with Crippen LogP contribution in [0.15, 0.2) is 45.8 Å². The number of hydrogen-bond acceptors (Lipinski definition) is 4. The van der Waals surface area contributed by atoms with Crippen molar-refractivity contribution in [2.75, 3.05) is 0 Å². The largest absolute Gasteiger partial charge is 0.472 e. The second kappa shape index (κ2) is 4.13. The van der Waals surface area contributed by atoms with E-state index in [0.717, 1.165) is 11.3 Å². The molecule has 1 unspecified atom stereocenters. The lowest BCUT2D eigenvalue weighted by Gasteiger charge is -2.11. The number of furan rings is 2. The summed E-state index contributed by atoms with van der Waals surface area (Å²) in [5, 5.41) is 0. The predicted molar refractivity (Wildman–Crippen MR) is 51.2 cm³/mol. The molecule has 0 saturated carbocycles. The van der Waals surface area contributed by atoms with Crippen LogP contribution in [-0.2, 0) is 6.42 Å². The molecule has 0 aliphatic rings. The Morgan fingerprint density at radius 2 is 2.29 bits per heavy atom. The van der Waals surface area contributed by atoms with Gasteiger partial charge in [0.25, 0.3) is 0 Å². The minimum atomic E-state index is 0.0277. The maximum atomic E-state index is 5.45. The van der Waals surface area contributed by atoms with Crippen molar-refractivity contribution in [1.82, 2.24) is 5.43 Å². The van der Waals surface area contributed by atoms with Crippen molar-refractivity contribution in [3.8, 4) is 0 Å². The van der Waals surface area contributed by atoms with Crippen LogP contribution in [0.1, 0.15) is 17.4 Å². The third kappa shape index (κ3) is 1.86. The van der Waals surface area contributed by atoms with Crippen LogP contribution in [0.5, 0.6) is 0 Å². The highest BCUT2D eigenvalue weighted by Crippen LogP contribution is 2.17. The van der Waals surface area contributed by atoms with Gasteiger partial charge in [-0.15, -0.1) is 0 Å². The number of hydrogen-bond donors (Lipinski definition) is 2. The second-order valence-electron chi connectivity index (χ2n) is 3.06. The molecule has 0 aliphatic carbocycles. The molecule has 0 fully saturated rings. The van der Waals surface area contributed by atoms with E-state index in [9.17, 15) is 0 Å². The van der Waals surface area contributed by atoms with Crippen LogP contribution >= 0.6 is 0 Å². The summed E-state index contributed by atoms with van der Waals surface area (Å²) in [5.74, 6) is 6.34. The zero-order valence-corrected chi connectivity index (χ0v) is 7.64. The Morgan fingerprint density at radius 1 is 1.36 bits per heavy atom. The van der Waals surface area contributed by atoms with Crippen LogP contribution in [0.3, 0.4) is 0 Å². The van der Waals surface area contributed by atoms with E-state index in [-0.39, 0.29) is 6.04 Å². The van der Waals surface area contributed by atoms with Crippen molar-refractivity contribution < 1.29 is 8.83 Å². The molecule has 4 heteroatoms. The van der Waals surface area contributed by atoms with Gasteiger partial charge < -0.3 is 8.83 Å². The normalized spacial score (nSPS) is 12.9. The fraction of sp³-hybridized carbons (Fsp3) is 0.200. The lowest BCUT2D eigenvalue weighted by molar-refractivity contribution is 0.451. The van der Waals surface area contributed by atoms with Crippen LogP contribution in [-0.4, -0.2) is 0 Å². The van der Waals surface area contributed by atoms with E-state index in [2.05, 4.69) is 5.43 Å². The Bertz CT molecular complexity index is 353. The summed E-state index contributed by atoms with van der Waals surface area (Å²) in [6, 6.07) is 5.69. The van der Waals surface area contributed by atoms with Crippen molar-refractivity contribution in [3.05, 3.63) is 48.3 Å². The minimum Gasteiger partial charge on any atom is -0.472 e. The number of nitrogens with one attached hydrogen (secondary N) is 1. The summed E-state index contributed by atoms with van der Waals surface area (Å²) in [6.45, 7) is 0. The molecule has 0 bridgehead atoms. The molecular weight excluding hydrogens is 180 g/mol. The maximum Gasteiger partial charge on any atom is 0.105 e. The molecule has 0 aliphatic heterocycles. The van der Waals surface area contributed by atoms with Gasteiger partial charge in [-0.1, -0.05) is 0 Å². The molecule has 2 aromatic heterocycles. The molecule has 2 rings (SSSR count). The average molecular weight is 192 g/mol. The zero-order chi connectivity index (χ0) is 9.80. The maximum absolute atomic E-state index is 5.45. The van der Waals surface area contributed by atoms with Crippen molar-refractivity contribution in [3.63, 3.8) is 0 Å². The molecule has 0 aromatic carbocycles. The molecule has 0 radical (unpaired) electrons. The number of nitrogens with two attached hydrogens (primary N) is 1. The molecule has 2 aromatic rings. The van der Waals surface area contributed by atoms with Gasteiger partial charge in [-0.3, -0.25) is 11.3 Å². The van der Waals surface area contributed by atoms with Gasteiger partial charge in [-0.25, -0.2) is 0 Å². The molecule has 0 spiro atoms. The van der Waals surface area contributed by atoms with Crippen molar-refractivity contribution in [2.45, 2.75) is 12.5 Å². The molecule has 4 nitrogen and oxygen atoms in total. The van der Waals surface area contributed by atoms with Gasteiger partial charge in [-0.2, -0.15) is 0 Å². The first kappa shape index (κ1) is 9.05. The lowest BCUT2D eigenvalue weighted by Crippen LogP contribution is -2.29. The first-order chi connectivity index (χ1) is 6.90. The van der Waals surface area contributed by atoms with Crippen LogP contribution in [0.4, 0.5) is 0 Å². The highest BCUT2D eigenvalue weighted by molar-refractivity contribution is 5.14. The summed E-state index contributed by atoms with van der Waals surface area (Å²) in [6.07, 6.45) is 5.66. The van der Waals surface area contributed by atoms with Gasteiger partial charge in [0.2, 0.25) is 0 Å². The van der Waals surface area contributed by atoms with E-state index >= 15 is 0 Å². The molecular formula is C10H12N2O2. The summed E-state index contributed by atoms with van der Waals surface area (Å²) in [4.78, 5) is 0. The summed E-state index contributed by atoms with van der Waals surface area (Å²) in [5.41, 5.74) is 3.74. The van der Waals surface area contributed by atoms with Crippen LogP contribution in [0.25, 0.3) is 0 Å². The van der Waals surface area contributed by atoms with Gasteiger partial charge >= 0.3 is 0 Å². The van der Waals surface area contributed by atoms with Crippen molar-refractivity contribution in [2.24, 2.45) is 5.84 Å². The minimum absolute atomic E-state index is 0.0277. The van der Waals surface area contributed by atoms with Gasteiger partial charge in [0, 0.05) is 12.0 Å². The first-order valence-corrected chi connectivity index (χ1v) is 4.41. The van der Waals surface area contributed by atoms with Crippen LogP contribution < -0.4 is 11.3 Å². The molecule has 74 valence electrons. The highest BCUT2D eigenvalue weighted by atomic mass is 16.3. The highest BCUT2D eigenvalue weighted by Gasteiger charge is 2.12. The summed E-state index contributed by atoms with van der Waals surface area (Å²) >= 11 is 0. The average Bonchev–Trinajstić information content (AvgIpc) is 2.86. The summed E-state index contributed by atoms with van der Waals surface area (Å²) < 4.78 is 10.2. The van der Waals surface area contributed by atoms with Crippen molar-refractivity contribution in [1.29, 1.82) is 0 Å². The molecule has 0 saturated heterocycles. The molecule has 1 atom stereocenters. The monoisotopic (exact) mass is 192 g/mol. The quantitative estimate of drug-likeness (QED) is 0.570. The van der Waals surface area contributed by atoms with Crippen LogP contribution in [0, 0.1) is 0 Å². The fourth-order valence-electron chi connectivity index (χ4n) is 1.38. The van der Waals surface area contributed by atoms with E-state index in [1.807, 2.05) is 18.2 Å². The van der Waals surface area contributed by atoms with Gasteiger partial charge in [0.15, 0.2) is 0 Å². The van der Waals surface area contributed by atoms with Crippen LogP contribution in [0.2, 0.25) is 0 Å². The zero-order valence-electron chi connectivity index (χ0n) is 7.64. The predicted octanol–water partition coefficient (Wildman–Crippen LogP) is 1.62. The third-order valence-corrected chi connectivity index (χ3v) is 2.13. The second-order valence-corrected chi connectivity index (χ2v) is 3.06. The van der Waals surface area contributed by atoms with Gasteiger partial charge in [0.05, 0.1) is 24.8 Å². The Kier molecular flexibility index (Phi) is 2.67. The van der Waals surface area contributed by atoms with Gasteiger partial charge in [0.1, 0.15) is 5.76 Å². The molecule has 2 heterocycles. The molecule has 3 N–H and O–H groups in total. The molecule has 14 heavy (non-hydrogen) atoms. The first-order valence-electron chi connectivity index (χ1n) is 4.41. The van der Waals surface area contributed by atoms with Gasteiger partial charge in [-0.05, 0) is 18.2 Å². The van der Waals surface area contributed by atoms with E-state index < -0.39 is 0 Å². The lowest BCUT2D eigenvalue weighted by atomic mass is 10.1. The number of hydrazine groups is 1.